The SMILES string of the molecule is CCC1=NN=C2CN=C(c3c(F)cccc3F)c3c(Cl)cccc3N2C1O. The van der Waals surface area contributed by atoms with Crippen LogP contribution in [0, 0.1) is 11.6 Å². The minimum atomic E-state index is -1.06. The molecule has 2 aromatic carbocycles. The Bertz CT molecular complexity index is 999. The number of halogens is 3. The molecule has 0 saturated heterocycles. The Morgan fingerprint density at radius 1 is 1.11 bits per heavy atom. The van der Waals surface area contributed by atoms with Gasteiger partial charge in [0.2, 0.25) is 0 Å². The molecule has 5 nitrogen and oxygen atoms in total. The van der Waals surface area contributed by atoms with Crippen LogP contribution >= 0.6 is 11.6 Å². The molecule has 1 atom stereocenters. The smallest absolute Gasteiger partial charge is 0.173 e. The van der Waals surface area contributed by atoms with Crippen molar-refractivity contribution >= 4 is 34.5 Å². The van der Waals surface area contributed by atoms with Crippen LogP contribution in [0.5, 0.6) is 0 Å². The average molecular weight is 389 g/mol. The number of nitrogens with zero attached hydrogens (tertiary/aromatic N) is 4. The third-order valence-electron chi connectivity index (χ3n) is 4.54. The monoisotopic (exact) mass is 388 g/mol. The summed E-state index contributed by atoms with van der Waals surface area (Å²) in [5.74, 6) is -1.12. The lowest BCUT2D eigenvalue weighted by Gasteiger charge is -2.33. The summed E-state index contributed by atoms with van der Waals surface area (Å²) in [6.45, 7) is 1.85. The van der Waals surface area contributed by atoms with Gasteiger partial charge in [-0.25, -0.2) is 8.78 Å². The van der Waals surface area contributed by atoms with Crippen LogP contribution in [0.2, 0.25) is 5.02 Å². The zero-order valence-corrected chi connectivity index (χ0v) is 15.1. The molecule has 2 aromatic rings. The lowest BCUT2D eigenvalue weighted by atomic mass is 9.98. The van der Waals surface area contributed by atoms with Gasteiger partial charge in [-0.3, -0.25) is 9.89 Å². The van der Waals surface area contributed by atoms with E-state index in [0.29, 0.717) is 29.2 Å². The predicted octanol–water partition coefficient (Wildman–Crippen LogP) is 3.77. The zero-order chi connectivity index (χ0) is 19.1. The van der Waals surface area contributed by atoms with E-state index >= 15 is 0 Å². The highest BCUT2D eigenvalue weighted by molar-refractivity contribution is 6.37. The second kappa shape index (κ2) is 6.83. The van der Waals surface area contributed by atoms with Crippen LogP contribution in [0.4, 0.5) is 14.5 Å². The first-order valence-corrected chi connectivity index (χ1v) is 8.79. The number of hydrogen-bond donors (Lipinski definition) is 1. The minimum absolute atomic E-state index is 0.00826. The molecule has 2 aliphatic heterocycles. The first-order valence-electron chi connectivity index (χ1n) is 8.41. The van der Waals surface area contributed by atoms with Crippen LogP contribution in [-0.4, -0.2) is 35.1 Å². The highest BCUT2D eigenvalue weighted by Crippen LogP contribution is 2.35. The fourth-order valence-electron chi connectivity index (χ4n) is 3.25. The molecule has 0 aliphatic carbocycles. The summed E-state index contributed by atoms with van der Waals surface area (Å²) in [5.41, 5.74) is 1.09. The number of benzene rings is 2. The van der Waals surface area contributed by atoms with Crippen molar-refractivity contribution in [3.63, 3.8) is 0 Å². The number of aliphatic imine (C=N–C) groups is 1. The molecule has 1 N–H and O–H groups in total. The number of fused-ring (bicyclic) bond motifs is 3. The quantitative estimate of drug-likeness (QED) is 0.851. The Kier molecular flexibility index (Phi) is 4.49. The second-order valence-corrected chi connectivity index (χ2v) is 6.51. The van der Waals surface area contributed by atoms with Crippen LogP contribution in [0.15, 0.2) is 51.6 Å². The average Bonchev–Trinajstić information content (AvgIpc) is 2.81. The highest BCUT2D eigenvalue weighted by atomic mass is 35.5. The van der Waals surface area contributed by atoms with Crippen molar-refractivity contribution in [2.24, 2.45) is 15.2 Å². The van der Waals surface area contributed by atoms with Crippen molar-refractivity contribution < 1.29 is 13.9 Å². The van der Waals surface area contributed by atoms with Crippen LogP contribution in [0.3, 0.4) is 0 Å². The normalized spacial score (nSPS) is 18.8. The van der Waals surface area contributed by atoms with Crippen molar-refractivity contribution in [3.8, 4) is 0 Å². The summed E-state index contributed by atoms with van der Waals surface area (Å²) in [6.07, 6.45) is -0.556. The summed E-state index contributed by atoms with van der Waals surface area (Å²) >= 11 is 6.41. The van der Waals surface area contributed by atoms with E-state index in [1.54, 1.807) is 23.1 Å². The molecule has 2 heterocycles. The summed E-state index contributed by atoms with van der Waals surface area (Å²) in [5, 5.41) is 19.2. The van der Waals surface area contributed by atoms with E-state index in [1.165, 1.54) is 18.2 Å². The Morgan fingerprint density at radius 3 is 2.52 bits per heavy atom. The van der Waals surface area contributed by atoms with Gasteiger partial charge in [0.25, 0.3) is 0 Å². The number of amidine groups is 1. The van der Waals surface area contributed by atoms with Crippen molar-refractivity contribution in [2.75, 3.05) is 11.4 Å². The highest BCUT2D eigenvalue weighted by Gasteiger charge is 2.35. The Balaban J connectivity index is 1.99. The Morgan fingerprint density at radius 2 is 1.81 bits per heavy atom. The van der Waals surface area contributed by atoms with Crippen molar-refractivity contribution in [3.05, 3.63) is 64.2 Å². The van der Waals surface area contributed by atoms with Gasteiger partial charge in [0.05, 0.1) is 34.2 Å². The Labute approximate surface area is 159 Å². The van der Waals surface area contributed by atoms with Gasteiger partial charge in [-0.15, -0.1) is 5.10 Å². The molecule has 4 rings (SSSR count). The van der Waals surface area contributed by atoms with Crippen molar-refractivity contribution in [2.45, 2.75) is 19.6 Å². The van der Waals surface area contributed by atoms with E-state index in [1.807, 2.05) is 6.92 Å². The van der Waals surface area contributed by atoms with Gasteiger partial charge in [-0.1, -0.05) is 30.7 Å². The molecule has 0 aromatic heterocycles. The standard InChI is InChI=1S/C19H15ClF2N4O/c1-2-13-19(27)26-14-8-3-5-10(20)16(14)18(23-9-15(26)25-24-13)17-11(21)6-4-7-12(17)22/h3-8,19,27H,2,9H2,1H3. The molecule has 0 bridgehead atoms. The van der Waals surface area contributed by atoms with Gasteiger partial charge in [0.15, 0.2) is 12.1 Å². The molecule has 0 amide bonds. The van der Waals surface area contributed by atoms with Gasteiger partial charge in [0, 0.05) is 5.56 Å². The molecule has 0 fully saturated rings. The fourth-order valence-corrected chi connectivity index (χ4v) is 3.51. The van der Waals surface area contributed by atoms with Crippen molar-refractivity contribution in [1.29, 1.82) is 0 Å². The molecule has 8 heteroatoms. The first-order chi connectivity index (χ1) is 13.0. The van der Waals surface area contributed by atoms with Crippen LogP contribution in [-0.2, 0) is 0 Å². The first kappa shape index (κ1) is 17.8. The molecule has 2 aliphatic rings. The van der Waals surface area contributed by atoms with Crippen LogP contribution < -0.4 is 4.90 Å². The summed E-state index contributed by atoms with van der Waals surface area (Å²) in [7, 11) is 0. The molecule has 27 heavy (non-hydrogen) atoms. The third kappa shape index (κ3) is 2.83. The molecule has 0 saturated carbocycles. The number of aliphatic hydroxyl groups excluding tert-OH is 1. The maximum Gasteiger partial charge on any atom is 0.173 e. The van der Waals surface area contributed by atoms with Gasteiger partial charge in [-0.2, -0.15) is 5.10 Å². The molecular formula is C19H15ClF2N4O. The zero-order valence-electron chi connectivity index (χ0n) is 14.3. The van der Waals surface area contributed by atoms with E-state index in [-0.39, 0.29) is 22.8 Å². The fraction of sp³-hybridized carbons (Fsp3) is 0.211. The van der Waals surface area contributed by atoms with E-state index in [9.17, 15) is 13.9 Å². The van der Waals surface area contributed by atoms with Crippen molar-refractivity contribution in [1.82, 2.24) is 0 Å². The maximum absolute atomic E-state index is 14.5. The lowest BCUT2D eigenvalue weighted by molar-refractivity contribution is 0.246. The van der Waals surface area contributed by atoms with Gasteiger partial charge in [0.1, 0.15) is 11.6 Å². The van der Waals surface area contributed by atoms with Gasteiger partial charge < -0.3 is 5.11 Å². The molecule has 0 spiro atoms. The van der Waals surface area contributed by atoms with Crippen LogP contribution in [0.25, 0.3) is 0 Å². The van der Waals surface area contributed by atoms with Crippen LogP contribution in [0.1, 0.15) is 24.5 Å². The van der Waals surface area contributed by atoms with E-state index in [4.69, 9.17) is 11.6 Å². The largest absolute Gasteiger partial charge is 0.368 e. The second-order valence-electron chi connectivity index (χ2n) is 6.10. The summed E-state index contributed by atoms with van der Waals surface area (Å²) in [6, 6.07) is 8.64. The predicted molar refractivity (Wildman–Crippen MR) is 102 cm³/mol. The molecule has 1 unspecified atom stereocenters. The van der Waals surface area contributed by atoms with E-state index in [0.717, 1.165) is 0 Å². The number of aliphatic hydroxyl groups is 1. The van der Waals surface area contributed by atoms with E-state index < -0.39 is 17.9 Å². The number of anilines is 1. The molecular weight excluding hydrogens is 374 g/mol. The summed E-state index contributed by atoms with van der Waals surface area (Å²) < 4.78 is 29.0. The molecule has 138 valence electrons. The lowest BCUT2D eigenvalue weighted by Crippen LogP contribution is -2.48. The third-order valence-corrected chi connectivity index (χ3v) is 4.86. The Hall–Kier alpha value is -2.64. The summed E-state index contributed by atoms with van der Waals surface area (Å²) in [4.78, 5) is 5.94. The maximum atomic E-state index is 14.5. The van der Waals surface area contributed by atoms with Gasteiger partial charge >= 0.3 is 0 Å². The number of hydrogen-bond acceptors (Lipinski definition) is 5. The van der Waals surface area contributed by atoms with E-state index in [2.05, 4.69) is 15.2 Å². The number of rotatable bonds is 2. The topological polar surface area (TPSA) is 60.5 Å². The minimum Gasteiger partial charge on any atom is -0.368 e. The van der Waals surface area contributed by atoms with Gasteiger partial charge in [-0.05, 0) is 30.7 Å². The molecule has 0 radical (unpaired) electrons.